The molecule has 0 saturated heterocycles. The number of nitrogen functional groups attached to an aromatic ring is 1. The van der Waals surface area contributed by atoms with E-state index in [1.165, 1.54) is 6.07 Å². The fourth-order valence-corrected chi connectivity index (χ4v) is 1.89. The third kappa shape index (κ3) is 2.27. The van der Waals surface area contributed by atoms with Crippen molar-refractivity contribution in [3.8, 4) is 0 Å². The first-order chi connectivity index (χ1) is 8.63. The molecule has 2 aromatic carbocycles. The Morgan fingerprint density at radius 1 is 1.11 bits per heavy atom. The first-order valence-corrected chi connectivity index (χ1v) is 5.70. The van der Waals surface area contributed by atoms with E-state index in [1.54, 1.807) is 4.90 Å². The van der Waals surface area contributed by atoms with Gasteiger partial charge in [-0.1, -0.05) is 18.2 Å². The zero-order valence-corrected chi connectivity index (χ0v) is 10.0. The zero-order valence-electron chi connectivity index (χ0n) is 10.0. The number of nitrogens with two attached hydrogens (primary N) is 1. The maximum Gasteiger partial charge on any atom is 0.151 e. The Kier molecular flexibility index (Phi) is 3.46. The Labute approximate surface area is 105 Å². The van der Waals surface area contributed by atoms with Gasteiger partial charge in [0.1, 0.15) is 5.82 Å². The van der Waals surface area contributed by atoms with Gasteiger partial charge in [-0.05, 0) is 25.1 Å². The molecule has 94 valence electrons. The van der Waals surface area contributed by atoms with Crippen LogP contribution in [-0.4, -0.2) is 6.54 Å². The second kappa shape index (κ2) is 5.04. The average Bonchev–Trinajstić information content (AvgIpc) is 2.37. The van der Waals surface area contributed by atoms with Crippen molar-refractivity contribution in [1.82, 2.24) is 0 Å². The lowest BCUT2D eigenvalue weighted by Crippen LogP contribution is -2.18. The smallest absolute Gasteiger partial charge is 0.151 e. The monoisotopic (exact) mass is 248 g/mol. The molecule has 0 aromatic heterocycles. The van der Waals surface area contributed by atoms with Crippen LogP contribution in [0, 0.1) is 11.6 Å². The first kappa shape index (κ1) is 12.4. The van der Waals surface area contributed by atoms with Crippen molar-refractivity contribution in [3.05, 3.63) is 54.1 Å². The Balaban J connectivity index is 2.52. The Morgan fingerprint density at radius 3 is 2.39 bits per heavy atom. The SMILES string of the molecule is CCN(c1ccccc1)c1cc(F)cc(F)c1N. The van der Waals surface area contributed by atoms with Crippen LogP contribution in [-0.2, 0) is 0 Å². The summed E-state index contributed by atoms with van der Waals surface area (Å²) in [5.74, 6) is -1.37. The van der Waals surface area contributed by atoms with E-state index in [-0.39, 0.29) is 5.69 Å². The molecular formula is C14H14F2N2. The zero-order chi connectivity index (χ0) is 13.1. The second-order valence-corrected chi connectivity index (χ2v) is 3.90. The van der Waals surface area contributed by atoms with E-state index in [0.717, 1.165) is 11.8 Å². The summed E-state index contributed by atoms with van der Waals surface area (Å²) in [6.45, 7) is 2.46. The van der Waals surface area contributed by atoms with Crippen molar-refractivity contribution in [2.75, 3.05) is 17.2 Å². The highest BCUT2D eigenvalue weighted by Gasteiger charge is 2.14. The number of nitrogens with zero attached hydrogens (tertiary/aromatic N) is 1. The summed E-state index contributed by atoms with van der Waals surface area (Å²) < 4.78 is 26.8. The van der Waals surface area contributed by atoms with Crippen molar-refractivity contribution in [2.45, 2.75) is 6.92 Å². The molecule has 2 aromatic rings. The van der Waals surface area contributed by atoms with E-state index in [9.17, 15) is 8.78 Å². The van der Waals surface area contributed by atoms with Gasteiger partial charge >= 0.3 is 0 Å². The van der Waals surface area contributed by atoms with Gasteiger partial charge in [0.05, 0.1) is 11.4 Å². The number of rotatable bonds is 3. The lowest BCUT2D eigenvalue weighted by Gasteiger charge is -2.25. The highest BCUT2D eigenvalue weighted by Crippen LogP contribution is 2.32. The van der Waals surface area contributed by atoms with Crippen molar-refractivity contribution in [1.29, 1.82) is 0 Å². The van der Waals surface area contributed by atoms with Crippen LogP contribution < -0.4 is 10.6 Å². The lowest BCUT2D eigenvalue weighted by atomic mass is 10.2. The van der Waals surface area contributed by atoms with Crippen LogP contribution in [0.25, 0.3) is 0 Å². The normalized spacial score (nSPS) is 10.4. The molecule has 0 bridgehead atoms. The van der Waals surface area contributed by atoms with E-state index >= 15 is 0 Å². The molecule has 0 amide bonds. The number of hydrogen-bond donors (Lipinski definition) is 1. The average molecular weight is 248 g/mol. The van der Waals surface area contributed by atoms with Gasteiger partial charge in [-0.25, -0.2) is 8.78 Å². The summed E-state index contributed by atoms with van der Waals surface area (Å²) in [5.41, 5.74) is 6.83. The van der Waals surface area contributed by atoms with E-state index in [0.29, 0.717) is 12.2 Å². The van der Waals surface area contributed by atoms with Crippen LogP contribution in [0.1, 0.15) is 6.92 Å². The Bertz CT molecular complexity index is 541. The van der Waals surface area contributed by atoms with Crippen molar-refractivity contribution in [3.63, 3.8) is 0 Å². The van der Waals surface area contributed by atoms with Gasteiger partial charge < -0.3 is 10.6 Å². The summed E-state index contributed by atoms with van der Waals surface area (Å²) in [5, 5.41) is 0. The van der Waals surface area contributed by atoms with E-state index in [4.69, 9.17) is 5.73 Å². The summed E-state index contributed by atoms with van der Waals surface area (Å²) in [6, 6.07) is 11.4. The molecule has 0 aliphatic carbocycles. The molecule has 0 unspecified atom stereocenters. The predicted molar refractivity (Wildman–Crippen MR) is 69.9 cm³/mol. The fourth-order valence-electron chi connectivity index (χ4n) is 1.89. The third-order valence-electron chi connectivity index (χ3n) is 2.75. The van der Waals surface area contributed by atoms with Crippen LogP contribution in [0.2, 0.25) is 0 Å². The molecule has 2 rings (SSSR count). The van der Waals surface area contributed by atoms with Gasteiger partial charge in [0, 0.05) is 18.3 Å². The topological polar surface area (TPSA) is 29.3 Å². The minimum Gasteiger partial charge on any atom is -0.395 e. The summed E-state index contributed by atoms with van der Waals surface area (Å²) >= 11 is 0. The van der Waals surface area contributed by atoms with Gasteiger partial charge in [0.2, 0.25) is 0 Å². The largest absolute Gasteiger partial charge is 0.395 e. The number of anilines is 3. The van der Waals surface area contributed by atoms with Crippen molar-refractivity contribution < 1.29 is 8.78 Å². The molecule has 0 spiro atoms. The predicted octanol–water partition coefficient (Wildman–Crippen LogP) is 3.71. The molecule has 0 atom stereocenters. The number of benzene rings is 2. The number of para-hydroxylation sites is 1. The molecule has 0 saturated carbocycles. The highest BCUT2D eigenvalue weighted by molar-refractivity contribution is 5.75. The highest BCUT2D eigenvalue weighted by atomic mass is 19.1. The van der Waals surface area contributed by atoms with Gasteiger partial charge in [-0.2, -0.15) is 0 Å². The lowest BCUT2D eigenvalue weighted by molar-refractivity contribution is 0.586. The van der Waals surface area contributed by atoms with Crippen molar-refractivity contribution >= 4 is 17.1 Å². The molecule has 4 heteroatoms. The van der Waals surface area contributed by atoms with E-state index in [2.05, 4.69) is 0 Å². The first-order valence-electron chi connectivity index (χ1n) is 5.70. The van der Waals surface area contributed by atoms with E-state index < -0.39 is 11.6 Å². The van der Waals surface area contributed by atoms with Crippen LogP contribution in [0.4, 0.5) is 25.8 Å². The number of halogens is 2. The fraction of sp³-hybridized carbons (Fsp3) is 0.143. The minimum absolute atomic E-state index is 0.0397. The maximum absolute atomic E-state index is 13.5. The maximum atomic E-state index is 13.5. The van der Waals surface area contributed by atoms with Gasteiger partial charge in [0.15, 0.2) is 5.82 Å². The van der Waals surface area contributed by atoms with Crippen LogP contribution in [0.15, 0.2) is 42.5 Å². The number of hydrogen-bond acceptors (Lipinski definition) is 2. The van der Waals surface area contributed by atoms with Crippen molar-refractivity contribution in [2.24, 2.45) is 0 Å². The third-order valence-corrected chi connectivity index (χ3v) is 2.75. The Hall–Kier alpha value is -2.10. The standard InChI is InChI=1S/C14H14F2N2/c1-2-18(11-6-4-3-5-7-11)13-9-10(15)8-12(16)14(13)17/h3-9H,2,17H2,1H3. The van der Waals surface area contributed by atoms with E-state index in [1.807, 2.05) is 37.3 Å². The van der Waals surface area contributed by atoms with Crippen LogP contribution in [0.5, 0.6) is 0 Å². The van der Waals surface area contributed by atoms with Crippen LogP contribution in [0.3, 0.4) is 0 Å². The van der Waals surface area contributed by atoms with Gasteiger partial charge in [0.25, 0.3) is 0 Å². The molecule has 0 heterocycles. The molecule has 2 N–H and O–H groups in total. The molecule has 18 heavy (non-hydrogen) atoms. The summed E-state index contributed by atoms with van der Waals surface area (Å²) in [7, 11) is 0. The van der Waals surface area contributed by atoms with Crippen LogP contribution >= 0.6 is 0 Å². The molecule has 0 fully saturated rings. The van der Waals surface area contributed by atoms with Gasteiger partial charge in [-0.15, -0.1) is 0 Å². The second-order valence-electron chi connectivity index (χ2n) is 3.90. The minimum atomic E-state index is -0.737. The quantitative estimate of drug-likeness (QED) is 0.839. The summed E-state index contributed by atoms with van der Waals surface area (Å²) in [4.78, 5) is 1.77. The molecule has 0 aliphatic heterocycles. The van der Waals surface area contributed by atoms with Gasteiger partial charge in [-0.3, -0.25) is 0 Å². The Morgan fingerprint density at radius 2 is 1.78 bits per heavy atom. The molecule has 0 radical (unpaired) electrons. The molecule has 0 aliphatic rings. The molecule has 2 nitrogen and oxygen atoms in total. The summed E-state index contributed by atoms with van der Waals surface area (Å²) in [6.07, 6.45) is 0. The molecular weight excluding hydrogens is 234 g/mol.